The molecule has 1 aromatic rings. The van der Waals surface area contributed by atoms with Crippen molar-refractivity contribution in [3.8, 4) is 0 Å². The first-order valence-corrected chi connectivity index (χ1v) is 5.92. The second kappa shape index (κ2) is 4.24. The lowest BCUT2D eigenvalue weighted by Crippen LogP contribution is -2.09. The van der Waals surface area contributed by atoms with Crippen molar-refractivity contribution >= 4 is 33.0 Å². The summed E-state index contributed by atoms with van der Waals surface area (Å²) in [5.74, 6) is 0. The van der Waals surface area contributed by atoms with Crippen molar-refractivity contribution in [2.45, 2.75) is 25.9 Å². The van der Waals surface area contributed by atoms with Crippen LogP contribution in [0.3, 0.4) is 0 Å². The Morgan fingerprint density at radius 1 is 1.54 bits per heavy atom. The van der Waals surface area contributed by atoms with Gasteiger partial charge in [0.25, 0.3) is 0 Å². The molecule has 1 fully saturated rings. The maximum atomic E-state index is 5.21. The van der Waals surface area contributed by atoms with Gasteiger partial charge in [0.15, 0.2) is 0 Å². The molecule has 0 spiro atoms. The molecule has 0 N–H and O–H groups in total. The van der Waals surface area contributed by atoms with Gasteiger partial charge in [-0.15, -0.1) is 11.3 Å². The molecule has 0 aromatic carbocycles. The van der Waals surface area contributed by atoms with E-state index >= 15 is 0 Å². The molecule has 0 amide bonds. The van der Waals surface area contributed by atoms with Crippen LogP contribution in [0.1, 0.15) is 24.8 Å². The van der Waals surface area contributed by atoms with Crippen molar-refractivity contribution in [3.63, 3.8) is 0 Å². The van der Waals surface area contributed by atoms with Crippen molar-refractivity contribution in [1.82, 2.24) is 0 Å². The largest absolute Gasteiger partial charge is 0.391 e. The minimum absolute atomic E-state index is 0.589. The number of rotatable bonds is 3. The highest BCUT2D eigenvalue weighted by Gasteiger charge is 2.10. The van der Waals surface area contributed by atoms with Crippen LogP contribution in [0.15, 0.2) is 20.4 Å². The molecule has 2 nitrogen and oxygen atoms in total. The molecule has 0 aliphatic heterocycles. The summed E-state index contributed by atoms with van der Waals surface area (Å²) in [7, 11) is 0. The van der Waals surface area contributed by atoms with Gasteiger partial charge in [-0.25, -0.2) is 0 Å². The van der Waals surface area contributed by atoms with E-state index in [1.54, 1.807) is 11.3 Å². The molecule has 1 aromatic heterocycles. The van der Waals surface area contributed by atoms with Gasteiger partial charge in [0.1, 0.15) is 6.61 Å². The van der Waals surface area contributed by atoms with Gasteiger partial charge in [-0.05, 0) is 46.6 Å². The summed E-state index contributed by atoms with van der Waals surface area (Å²) in [4.78, 5) is 5.21. The van der Waals surface area contributed by atoms with E-state index in [9.17, 15) is 0 Å². The molecule has 0 bridgehead atoms. The first-order chi connectivity index (χ1) is 6.34. The van der Waals surface area contributed by atoms with E-state index in [0.717, 1.165) is 16.6 Å². The zero-order chi connectivity index (χ0) is 9.10. The molecule has 0 atom stereocenters. The van der Waals surface area contributed by atoms with Crippen molar-refractivity contribution in [3.05, 3.63) is 20.8 Å². The molecule has 0 unspecified atom stereocenters. The standard InChI is InChI=1S/C9H10BrNOS/c10-9-4-7(6-13-9)5-12-11-8-2-1-3-8/h4,6H,1-3,5H2. The summed E-state index contributed by atoms with van der Waals surface area (Å²) in [5, 5.41) is 6.11. The van der Waals surface area contributed by atoms with Gasteiger partial charge in [-0.2, -0.15) is 0 Å². The van der Waals surface area contributed by atoms with Crippen LogP contribution < -0.4 is 0 Å². The smallest absolute Gasteiger partial charge is 0.143 e. The quantitative estimate of drug-likeness (QED) is 0.761. The third-order valence-corrected chi connectivity index (χ3v) is 3.53. The highest BCUT2D eigenvalue weighted by molar-refractivity contribution is 9.11. The van der Waals surface area contributed by atoms with E-state index in [1.807, 2.05) is 0 Å². The maximum Gasteiger partial charge on any atom is 0.143 e. The molecule has 1 saturated carbocycles. The van der Waals surface area contributed by atoms with Crippen molar-refractivity contribution in [2.24, 2.45) is 5.16 Å². The highest BCUT2D eigenvalue weighted by Crippen LogP contribution is 2.21. The molecule has 0 radical (unpaired) electrons. The fourth-order valence-corrected chi connectivity index (χ4v) is 2.24. The van der Waals surface area contributed by atoms with Gasteiger partial charge in [-0.3, -0.25) is 0 Å². The van der Waals surface area contributed by atoms with Gasteiger partial charge in [-0.1, -0.05) is 5.16 Å². The Balaban J connectivity index is 1.79. The summed E-state index contributed by atoms with van der Waals surface area (Å²) < 4.78 is 1.14. The number of hydrogen-bond donors (Lipinski definition) is 0. The third-order valence-electron chi connectivity index (χ3n) is 1.98. The highest BCUT2D eigenvalue weighted by atomic mass is 79.9. The van der Waals surface area contributed by atoms with Crippen LogP contribution in [0.4, 0.5) is 0 Å². The Bertz CT molecular complexity index is 315. The van der Waals surface area contributed by atoms with Crippen molar-refractivity contribution < 1.29 is 4.84 Å². The number of nitrogens with zero attached hydrogens (tertiary/aromatic N) is 1. The monoisotopic (exact) mass is 259 g/mol. The summed E-state index contributed by atoms with van der Waals surface area (Å²) in [6, 6.07) is 2.06. The number of thiophene rings is 1. The molecule has 13 heavy (non-hydrogen) atoms. The van der Waals surface area contributed by atoms with Crippen LogP contribution >= 0.6 is 27.3 Å². The number of hydrogen-bond acceptors (Lipinski definition) is 3. The van der Waals surface area contributed by atoms with E-state index in [-0.39, 0.29) is 0 Å². The van der Waals surface area contributed by atoms with E-state index in [4.69, 9.17) is 4.84 Å². The van der Waals surface area contributed by atoms with E-state index in [1.165, 1.54) is 17.7 Å². The van der Waals surface area contributed by atoms with Crippen LogP contribution in [0.2, 0.25) is 0 Å². The maximum absolute atomic E-state index is 5.21. The van der Waals surface area contributed by atoms with E-state index < -0.39 is 0 Å². The molecule has 2 rings (SSSR count). The fraction of sp³-hybridized carbons (Fsp3) is 0.444. The topological polar surface area (TPSA) is 21.6 Å². The van der Waals surface area contributed by atoms with Crippen LogP contribution in [0.25, 0.3) is 0 Å². The second-order valence-corrected chi connectivity index (χ2v) is 5.33. The summed E-state index contributed by atoms with van der Waals surface area (Å²) in [6.07, 6.45) is 3.51. The lowest BCUT2D eigenvalue weighted by Gasteiger charge is -2.12. The predicted octanol–water partition coefficient (Wildman–Crippen LogP) is 3.57. The first-order valence-electron chi connectivity index (χ1n) is 4.25. The van der Waals surface area contributed by atoms with Crippen LogP contribution in [0.5, 0.6) is 0 Å². The average Bonchev–Trinajstić information content (AvgIpc) is 2.42. The molecule has 1 heterocycles. The Labute approximate surface area is 89.7 Å². The molecule has 1 aliphatic rings. The Morgan fingerprint density at radius 3 is 2.92 bits per heavy atom. The van der Waals surface area contributed by atoms with Crippen molar-refractivity contribution in [1.29, 1.82) is 0 Å². The van der Waals surface area contributed by atoms with Gasteiger partial charge in [0, 0.05) is 5.56 Å². The Hall–Kier alpha value is -0.350. The van der Waals surface area contributed by atoms with Crippen LogP contribution in [-0.2, 0) is 11.4 Å². The number of oxime groups is 1. The Kier molecular flexibility index (Phi) is 3.01. The molecule has 70 valence electrons. The van der Waals surface area contributed by atoms with Gasteiger partial charge in [0.2, 0.25) is 0 Å². The molecular weight excluding hydrogens is 250 g/mol. The van der Waals surface area contributed by atoms with Gasteiger partial charge < -0.3 is 4.84 Å². The minimum atomic E-state index is 0.589. The fourth-order valence-electron chi connectivity index (χ4n) is 1.05. The third kappa shape index (κ3) is 2.54. The summed E-state index contributed by atoms with van der Waals surface area (Å²) in [6.45, 7) is 0.589. The molecule has 1 aliphatic carbocycles. The van der Waals surface area contributed by atoms with Crippen LogP contribution in [0, 0.1) is 0 Å². The van der Waals surface area contributed by atoms with Crippen LogP contribution in [-0.4, -0.2) is 5.71 Å². The van der Waals surface area contributed by atoms with Crippen molar-refractivity contribution in [2.75, 3.05) is 0 Å². The second-order valence-electron chi connectivity index (χ2n) is 3.04. The Morgan fingerprint density at radius 2 is 2.38 bits per heavy atom. The van der Waals surface area contributed by atoms with E-state index in [0.29, 0.717) is 6.61 Å². The molecule has 4 heteroatoms. The minimum Gasteiger partial charge on any atom is -0.391 e. The average molecular weight is 260 g/mol. The van der Waals surface area contributed by atoms with Gasteiger partial charge >= 0.3 is 0 Å². The summed E-state index contributed by atoms with van der Waals surface area (Å²) >= 11 is 5.08. The summed E-state index contributed by atoms with van der Waals surface area (Å²) in [5.41, 5.74) is 2.38. The lowest BCUT2D eigenvalue weighted by atomic mass is 9.98. The van der Waals surface area contributed by atoms with E-state index in [2.05, 4.69) is 32.5 Å². The predicted molar refractivity (Wildman–Crippen MR) is 58.1 cm³/mol. The molecular formula is C9H10BrNOS. The zero-order valence-electron chi connectivity index (χ0n) is 7.12. The number of halogens is 1. The SMILES string of the molecule is Brc1cc(CON=C2CCC2)cs1. The first kappa shape index (κ1) is 9.21. The lowest BCUT2D eigenvalue weighted by molar-refractivity contribution is 0.128. The molecule has 0 saturated heterocycles. The van der Waals surface area contributed by atoms with Gasteiger partial charge in [0.05, 0.1) is 9.50 Å². The normalized spacial score (nSPS) is 15.3. The zero-order valence-corrected chi connectivity index (χ0v) is 9.53.